The third-order valence-electron chi connectivity index (χ3n) is 3.19. The van der Waals surface area contributed by atoms with Gasteiger partial charge in [-0.15, -0.1) is 0 Å². The molecule has 3 heteroatoms. The molecule has 0 radical (unpaired) electrons. The largest absolute Gasteiger partial charge is 0.322 e. The number of rotatable bonds is 5. The maximum absolute atomic E-state index is 12.2. The van der Waals surface area contributed by atoms with E-state index in [-0.39, 0.29) is 5.91 Å². The highest BCUT2D eigenvalue weighted by molar-refractivity contribution is 6.04. The van der Waals surface area contributed by atoms with Crippen molar-refractivity contribution in [2.75, 3.05) is 12.4 Å². The van der Waals surface area contributed by atoms with Crippen molar-refractivity contribution in [2.45, 2.75) is 19.9 Å². The fourth-order valence-corrected chi connectivity index (χ4v) is 2.06. The van der Waals surface area contributed by atoms with Gasteiger partial charge in [0.05, 0.1) is 0 Å². The fourth-order valence-electron chi connectivity index (χ4n) is 2.06. The number of benzene rings is 2. The van der Waals surface area contributed by atoms with Gasteiger partial charge in [0, 0.05) is 17.8 Å². The van der Waals surface area contributed by atoms with E-state index < -0.39 is 0 Å². The molecular formula is C17H20N2O. The van der Waals surface area contributed by atoms with Gasteiger partial charge in [-0.2, -0.15) is 0 Å². The lowest BCUT2D eigenvalue weighted by Gasteiger charge is -2.08. The number of carbonyl (C=O) groups is 1. The Kier molecular flexibility index (Phi) is 4.91. The molecule has 0 aliphatic heterocycles. The third kappa shape index (κ3) is 3.68. The van der Waals surface area contributed by atoms with Gasteiger partial charge >= 0.3 is 0 Å². The van der Waals surface area contributed by atoms with Crippen LogP contribution in [0.4, 0.5) is 5.69 Å². The second kappa shape index (κ2) is 6.87. The number of aryl methyl sites for hydroxylation is 1. The molecule has 2 aromatic carbocycles. The Morgan fingerprint density at radius 1 is 1.05 bits per heavy atom. The van der Waals surface area contributed by atoms with E-state index in [1.54, 1.807) is 0 Å². The summed E-state index contributed by atoms with van der Waals surface area (Å²) in [5.74, 6) is -0.0748. The zero-order chi connectivity index (χ0) is 14.4. The highest BCUT2D eigenvalue weighted by atomic mass is 16.1. The Morgan fingerprint density at radius 2 is 1.80 bits per heavy atom. The predicted molar refractivity (Wildman–Crippen MR) is 83.0 cm³/mol. The zero-order valence-electron chi connectivity index (χ0n) is 11.9. The quantitative estimate of drug-likeness (QED) is 0.874. The summed E-state index contributed by atoms with van der Waals surface area (Å²) in [4.78, 5) is 12.2. The van der Waals surface area contributed by atoms with Crippen molar-refractivity contribution in [1.29, 1.82) is 0 Å². The highest BCUT2D eigenvalue weighted by Gasteiger charge is 2.06. The van der Waals surface area contributed by atoms with Gasteiger partial charge in [-0.25, -0.2) is 0 Å². The van der Waals surface area contributed by atoms with Crippen molar-refractivity contribution in [3.63, 3.8) is 0 Å². The summed E-state index contributed by atoms with van der Waals surface area (Å²) in [6, 6.07) is 15.6. The van der Waals surface area contributed by atoms with Crippen LogP contribution in [0.2, 0.25) is 0 Å². The van der Waals surface area contributed by atoms with Crippen LogP contribution in [0.5, 0.6) is 0 Å². The van der Waals surface area contributed by atoms with Crippen molar-refractivity contribution in [3.05, 3.63) is 65.2 Å². The fraction of sp³-hybridized carbons (Fsp3) is 0.235. The van der Waals surface area contributed by atoms with E-state index in [1.165, 1.54) is 5.56 Å². The molecule has 0 saturated carbocycles. The van der Waals surface area contributed by atoms with E-state index in [2.05, 4.69) is 17.6 Å². The van der Waals surface area contributed by atoms with Crippen molar-refractivity contribution in [2.24, 2.45) is 0 Å². The molecule has 1 amide bonds. The van der Waals surface area contributed by atoms with Gasteiger partial charge in [-0.1, -0.05) is 31.2 Å². The maximum Gasteiger partial charge on any atom is 0.255 e. The molecule has 0 saturated heterocycles. The summed E-state index contributed by atoms with van der Waals surface area (Å²) in [6.07, 6.45) is 0.980. The number of anilines is 1. The first kappa shape index (κ1) is 14.3. The van der Waals surface area contributed by atoms with E-state index >= 15 is 0 Å². The number of hydrogen-bond acceptors (Lipinski definition) is 2. The van der Waals surface area contributed by atoms with Crippen LogP contribution in [0.1, 0.15) is 28.4 Å². The topological polar surface area (TPSA) is 41.1 Å². The Balaban J connectivity index is 2.08. The molecule has 0 atom stereocenters. The van der Waals surface area contributed by atoms with E-state index in [4.69, 9.17) is 0 Å². The van der Waals surface area contributed by atoms with Gasteiger partial charge in [0.1, 0.15) is 0 Å². The highest BCUT2D eigenvalue weighted by Crippen LogP contribution is 2.13. The minimum absolute atomic E-state index is 0.0748. The number of amides is 1. The van der Waals surface area contributed by atoms with Gasteiger partial charge in [-0.05, 0) is 48.9 Å². The number of carbonyl (C=O) groups excluding carboxylic acids is 1. The Labute approximate surface area is 120 Å². The number of hydrogen-bond donors (Lipinski definition) is 2. The number of nitrogens with one attached hydrogen (secondary N) is 2. The minimum atomic E-state index is -0.0748. The lowest BCUT2D eigenvalue weighted by molar-refractivity contribution is 0.102. The monoisotopic (exact) mass is 268 g/mol. The summed E-state index contributed by atoms with van der Waals surface area (Å²) < 4.78 is 0. The van der Waals surface area contributed by atoms with Crippen LogP contribution in [-0.4, -0.2) is 13.0 Å². The van der Waals surface area contributed by atoms with E-state index in [9.17, 15) is 4.79 Å². The lowest BCUT2D eigenvalue weighted by atomic mass is 10.1. The molecular weight excluding hydrogens is 248 g/mol. The van der Waals surface area contributed by atoms with Crippen LogP contribution in [0.25, 0.3) is 0 Å². The molecule has 0 spiro atoms. The zero-order valence-corrected chi connectivity index (χ0v) is 11.9. The molecule has 2 aromatic rings. The molecule has 0 aromatic heterocycles. The second-order valence-electron chi connectivity index (χ2n) is 4.74. The van der Waals surface area contributed by atoms with Crippen LogP contribution in [0, 0.1) is 0 Å². The average molecular weight is 268 g/mol. The summed E-state index contributed by atoms with van der Waals surface area (Å²) in [5.41, 5.74) is 3.88. The van der Waals surface area contributed by atoms with Gasteiger partial charge in [-0.3, -0.25) is 4.79 Å². The first-order chi connectivity index (χ1) is 9.72. The summed E-state index contributed by atoms with van der Waals surface area (Å²) >= 11 is 0. The van der Waals surface area contributed by atoms with E-state index in [0.717, 1.165) is 24.2 Å². The molecule has 2 rings (SSSR count). The summed E-state index contributed by atoms with van der Waals surface area (Å²) in [5, 5.41) is 6.02. The van der Waals surface area contributed by atoms with Crippen LogP contribution < -0.4 is 10.6 Å². The van der Waals surface area contributed by atoms with Gasteiger partial charge in [0.25, 0.3) is 5.91 Å². The Hall–Kier alpha value is -2.13. The molecule has 0 aliphatic carbocycles. The normalized spacial score (nSPS) is 10.3. The van der Waals surface area contributed by atoms with Crippen LogP contribution in [0.3, 0.4) is 0 Å². The average Bonchev–Trinajstić information content (AvgIpc) is 2.48. The van der Waals surface area contributed by atoms with Crippen molar-refractivity contribution in [1.82, 2.24) is 5.32 Å². The van der Waals surface area contributed by atoms with Crippen LogP contribution in [0.15, 0.2) is 48.5 Å². The Morgan fingerprint density at radius 3 is 2.45 bits per heavy atom. The second-order valence-corrected chi connectivity index (χ2v) is 4.74. The van der Waals surface area contributed by atoms with Gasteiger partial charge in [0.15, 0.2) is 0 Å². The van der Waals surface area contributed by atoms with Gasteiger partial charge in [0.2, 0.25) is 0 Å². The predicted octanol–water partition coefficient (Wildman–Crippen LogP) is 3.22. The smallest absolute Gasteiger partial charge is 0.255 e. The molecule has 104 valence electrons. The van der Waals surface area contributed by atoms with Crippen molar-refractivity contribution < 1.29 is 4.79 Å². The molecule has 0 unspecified atom stereocenters. The van der Waals surface area contributed by atoms with E-state index in [0.29, 0.717) is 5.56 Å². The standard InChI is InChI=1S/C17H20N2O/c1-3-13-7-9-15(10-8-13)17(20)19-16-6-4-5-14(11-16)12-18-2/h4-11,18H,3,12H2,1-2H3,(H,19,20). The molecule has 0 fully saturated rings. The van der Waals surface area contributed by atoms with E-state index in [1.807, 2.05) is 55.6 Å². The first-order valence-corrected chi connectivity index (χ1v) is 6.86. The molecule has 3 nitrogen and oxygen atoms in total. The maximum atomic E-state index is 12.2. The van der Waals surface area contributed by atoms with Crippen LogP contribution >= 0.6 is 0 Å². The third-order valence-corrected chi connectivity index (χ3v) is 3.19. The summed E-state index contributed by atoms with van der Waals surface area (Å²) in [6.45, 7) is 2.89. The van der Waals surface area contributed by atoms with Crippen LogP contribution in [-0.2, 0) is 13.0 Å². The van der Waals surface area contributed by atoms with Gasteiger partial charge < -0.3 is 10.6 Å². The molecule has 0 bridgehead atoms. The molecule has 2 N–H and O–H groups in total. The minimum Gasteiger partial charge on any atom is -0.322 e. The SMILES string of the molecule is CCc1ccc(C(=O)Nc2cccc(CNC)c2)cc1. The van der Waals surface area contributed by atoms with Crippen molar-refractivity contribution >= 4 is 11.6 Å². The molecule has 0 aliphatic rings. The Bertz CT molecular complexity index is 576. The van der Waals surface area contributed by atoms with Crippen molar-refractivity contribution in [3.8, 4) is 0 Å². The molecule has 0 heterocycles. The molecule has 20 heavy (non-hydrogen) atoms. The summed E-state index contributed by atoms with van der Waals surface area (Å²) in [7, 11) is 1.90. The lowest BCUT2D eigenvalue weighted by Crippen LogP contribution is -2.12. The first-order valence-electron chi connectivity index (χ1n) is 6.86.